The van der Waals surface area contributed by atoms with Crippen molar-refractivity contribution < 1.29 is 14.3 Å². The predicted molar refractivity (Wildman–Crippen MR) is 75.5 cm³/mol. The molecule has 19 heavy (non-hydrogen) atoms. The monoisotopic (exact) mass is 260 g/mol. The second-order valence-corrected chi connectivity index (χ2v) is 4.94. The van der Waals surface area contributed by atoms with Gasteiger partial charge in [-0.3, -0.25) is 4.79 Å². The molecule has 102 valence electrons. The lowest BCUT2D eigenvalue weighted by atomic mass is 9.84. The summed E-state index contributed by atoms with van der Waals surface area (Å²) < 4.78 is 10.5. The third-order valence-electron chi connectivity index (χ3n) is 3.60. The van der Waals surface area contributed by atoms with Gasteiger partial charge in [0, 0.05) is 5.92 Å². The predicted octanol–water partition coefficient (Wildman–Crippen LogP) is 3.48. The molecule has 0 bridgehead atoms. The van der Waals surface area contributed by atoms with Crippen LogP contribution in [0.15, 0.2) is 23.8 Å². The molecule has 1 aliphatic rings. The number of hydrogen-bond acceptors (Lipinski definition) is 3. The Balaban J connectivity index is 2.29. The van der Waals surface area contributed by atoms with Gasteiger partial charge >= 0.3 is 0 Å². The van der Waals surface area contributed by atoms with Crippen molar-refractivity contribution in [3.63, 3.8) is 0 Å². The molecule has 0 amide bonds. The number of hydrogen-bond donors (Lipinski definition) is 0. The van der Waals surface area contributed by atoms with Crippen molar-refractivity contribution in [3.05, 3.63) is 29.3 Å². The van der Waals surface area contributed by atoms with Crippen molar-refractivity contribution in [1.29, 1.82) is 0 Å². The van der Waals surface area contributed by atoms with Crippen LogP contribution in [0.5, 0.6) is 11.5 Å². The van der Waals surface area contributed by atoms with Crippen LogP contribution in [0.25, 0.3) is 6.08 Å². The molecule has 1 aliphatic carbocycles. The van der Waals surface area contributed by atoms with E-state index in [1.54, 1.807) is 14.2 Å². The van der Waals surface area contributed by atoms with Crippen molar-refractivity contribution in [1.82, 2.24) is 0 Å². The van der Waals surface area contributed by atoms with E-state index in [1.807, 2.05) is 31.2 Å². The van der Waals surface area contributed by atoms with Crippen molar-refractivity contribution in [2.24, 2.45) is 5.92 Å². The van der Waals surface area contributed by atoms with Gasteiger partial charge in [-0.15, -0.1) is 0 Å². The Morgan fingerprint density at radius 1 is 1.21 bits per heavy atom. The van der Waals surface area contributed by atoms with Crippen molar-refractivity contribution in [3.8, 4) is 11.5 Å². The molecule has 1 aromatic carbocycles. The lowest BCUT2D eigenvalue weighted by Gasteiger charge is -2.19. The molecule has 0 unspecified atom stereocenters. The normalized spacial score (nSPS) is 21.5. The highest BCUT2D eigenvalue weighted by molar-refractivity contribution is 6.01. The van der Waals surface area contributed by atoms with Gasteiger partial charge in [-0.05, 0) is 48.6 Å². The maximum absolute atomic E-state index is 12.1. The van der Waals surface area contributed by atoms with Crippen LogP contribution in [0.4, 0.5) is 0 Å². The van der Waals surface area contributed by atoms with Crippen LogP contribution in [0.1, 0.15) is 31.7 Å². The number of allylic oxidation sites excluding steroid dienone is 1. The van der Waals surface area contributed by atoms with Crippen molar-refractivity contribution >= 4 is 11.9 Å². The smallest absolute Gasteiger partial charge is 0.161 e. The molecule has 0 spiro atoms. The van der Waals surface area contributed by atoms with E-state index in [4.69, 9.17) is 9.47 Å². The summed E-state index contributed by atoms with van der Waals surface area (Å²) in [4.78, 5) is 12.1. The summed E-state index contributed by atoms with van der Waals surface area (Å²) >= 11 is 0. The lowest BCUT2D eigenvalue weighted by Crippen LogP contribution is -2.18. The number of ketones is 1. The average molecular weight is 260 g/mol. The van der Waals surface area contributed by atoms with Crippen LogP contribution in [0.3, 0.4) is 0 Å². The first kappa shape index (κ1) is 13.7. The number of methoxy groups -OCH3 is 2. The van der Waals surface area contributed by atoms with Crippen molar-refractivity contribution in [2.75, 3.05) is 14.2 Å². The van der Waals surface area contributed by atoms with E-state index in [9.17, 15) is 4.79 Å². The Kier molecular flexibility index (Phi) is 4.25. The third-order valence-corrected chi connectivity index (χ3v) is 3.60. The number of Topliss-reactive ketones (excluding diaryl/α,β-unsaturated/α-hetero) is 1. The van der Waals surface area contributed by atoms with E-state index < -0.39 is 0 Å². The highest BCUT2D eigenvalue weighted by Gasteiger charge is 2.22. The van der Waals surface area contributed by atoms with E-state index in [2.05, 4.69) is 0 Å². The van der Waals surface area contributed by atoms with E-state index in [-0.39, 0.29) is 11.7 Å². The zero-order chi connectivity index (χ0) is 13.8. The fraction of sp³-hybridized carbons (Fsp3) is 0.438. The first-order chi connectivity index (χ1) is 9.15. The summed E-state index contributed by atoms with van der Waals surface area (Å²) in [6.45, 7) is 2.00. The van der Waals surface area contributed by atoms with Gasteiger partial charge in [0.05, 0.1) is 14.2 Å². The molecular weight excluding hydrogens is 240 g/mol. The lowest BCUT2D eigenvalue weighted by molar-refractivity contribution is -0.119. The number of carbonyl (C=O) groups excluding carboxylic acids is 1. The summed E-state index contributed by atoms with van der Waals surface area (Å²) in [7, 11) is 3.23. The van der Waals surface area contributed by atoms with Gasteiger partial charge in [0.2, 0.25) is 0 Å². The zero-order valence-electron chi connectivity index (χ0n) is 11.7. The molecular formula is C16H20O3. The summed E-state index contributed by atoms with van der Waals surface area (Å²) in [6.07, 6.45) is 4.94. The standard InChI is InChI=1S/C16H20O3/c1-11-5-4-6-13(16(11)17)9-12-7-8-14(18-2)15(10-12)19-3/h7-11H,4-6H2,1-3H3/b13-9+/t11-/m0/s1. The molecule has 2 rings (SSSR count). The fourth-order valence-corrected chi connectivity index (χ4v) is 2.46. The first-order valence-corrected chi connectivity index (χ1v) is 6.62. The van der Waals surface area contributed by atoms with Crippen LogP contribution < -0.4 is 9.47 Å². The van der Waals surface area contributed by atoms with Gasteiger partial charge in [0.1, 0.15) is 0 Å². The number of ether oxygens (including phenoxy) is 2. The molecule has 0 aromatic heterocycles. The van der Waals surface area contributed by atoms with Gasteiger partial charge in [-0.2, -0.15) is 0 Å². The number of benzene rings is 1. The van der Waals surface area contributed by atoms with E-state index >= 15 is 0 Å². The maximum Gasteiger partial charge on any atom is 0.161 e. The molecule has 1 fully saturated rings. The van der Waals surface area contributed by atoms with Crippen LogP contribution in [0.2, 0.25) is 0 Å². The summed E-state index contributed by atoms with van der Waals surface area (Å²) in [6, 6.07) is 5.71. The molecule has 3 heteroatoms. The molecule has 1 atom stereocenters. The topological polar surface area (TPSA) is 35.5 Å². The largest absolute Gasteiger partial charge is 0.493 e. The van der Waals surface area contributed by atoms with Gasteiger partial charge in [0.25, 0.3) is 0 Å². The highest BCUT2D eigenvalue weighted by atomic mass is 16.5. The fourth-order valence-electron chi connectivity index (χ4n) is 2.46. The maximum atomic E-state index is 12.1. The Hall–Kier alpha value is -1.77. The van der Waals surface area contributed by atoms with Crippen LogP contribution in [0, 0.1) is 5.92 Å². The Labute approximate surface area is 114 Å². The van der Waals surface area contributed by atoms with Gasteiger partial charge in [0.15, 0.2) is 17.3 Å². The first-order valence-electron chi connectivity index (χ1n) is 6.62. The van der Waals surface area contributed by atoms with Gasteiger partial charge in [-0.25, -0.2) is 0 Å². The van der Waals surface area contributed by atoms with Crippen LogP contribution in [-0.4, -0.2) is 20.0 Å². The Morgan fingerprint density at radius 2 is 1.95 bits per heavy atom. The van der Waals surface area contributed by atoms with E-state index in [0.29, 0.717) is 11.5 Å². The van der Waals surface area contributed by atoms with Gasteiger partial charge < -0.3 is 9.47 Å². The van der Waals surface area contributed by atoms with Gasteiger partial charge in [-0.1, -0.05) is 13.0 Å². The van der Waals surface area contributed by atoms with Crippen molar-refractivity contribution in [2.45, 2.75) is 26.2 Å². The van der Waals surface area contributed by atoms with Crippen LogP contribution in [-0.2, 0) is 4.79 Å². The SMILES string of the molecule is COc1ccc(/C=C2\CCC[C@H](C)C2=O)cc1OC. The summed E-state index contributed by atoms with van der Waals surface area (Å²) in [5.74, 6) is 1.82. The van der Waals surface area contributed by atoms with Crippen LogP contribution >= 0.6 is 0 Å². The molecule has 0 heterocycles. The molecule has 0 radical (unpaired) electrons. The average Bonchev–Trinajstić information content (AvgIpc) is 2.43. The van der Waals surface area contributed by atoms with E-state index in [1.165, 1.54) is 0 Å². The summed E-state index contributed by atoms with van der Waals surface area (Å²) in [5, 5.41) is 0. The van der Waals surface area contributed by atoms with E-state index in [0.717, 1.165) is 30.4 Å². The second kappa shape index (κ2) is 5.91. The molecule has 0 saturated heterocycles. The molecule has 1 aromatic rings. The zero-order valence-corrected chi connectivity index (χ0v) is 11.7. The number of rotatable bonds is 3. The summed E-state index contributed by atoms with van der Waals surface area (Å²) in [5.41, 5.74) is 1.90. The number of carbonyl (C=O) groups is 1. The minimum absolute atomic E-state index is 0.153. The molecule has 1 saturated carbocycles. The quantitative estimate of drug-likeness (QED) is 0.781. The minimum Gasteiger partial charge on any atom is -0.493 e. The second-order valence-electron chi connectivity index (χ2n) is 4.94. The molecule has 0 N–H and O–H groups in total. The third kappa shape index (κ3) is 2.98. The Morgan fingerprint density at radius 3 is 2.63 bits per heavy atom. The highest BCUT2D eigenvalue weighted by Crippen LogP contribution is 2.31. The molecule has 3 nitrogen and oxygen atoms in total. The molecule has 0 aliphatic heterocycles. The Bertz CT molecular complexity index is 503. The minimum atomic E-state index is 0.153.